The highest BCUT2D eigenvalue weighted by molar-refractivity contribution is 7.13. The van der Waals surface area contributed by atoms with Crippen LogP contribution >= 0.6 is 11.3 Å². The van der Waals surface area contributed by atoms with Crippen molar-refractivity contribution in [1.82, 2.24) is 4.98 Å². The van der Waals surface area contributed by atoms with Crippen LogP contribution in [0.3, 0.4) is 0 Å². The van der Waals surface area contributed by atoms with E-state index in [-0.39, 0.29) is 5.60 Å². The molecule has 1 fully saturated rings. The molecule has 1 saturated carbocycles. The molecule has 0 atom stereocenters. The lowest BCUT2D eigenvalue weighted by molar-refractivity contribution is -0.0560. The SMILES string of the molecule is CCOC1(c2nc(C)c(C(=O)O)s2)CCCCCC1. The van der Waals surface area contributed by atoms with Gasteiger partial charge in [-0.15, -0.1) is 11.3 Å². The second-order valence-corrected chi connectivity index (χ2v) is 6.08. The standard InChI is InChI=1S/C14H21NO3S/c1-3-18-14(8-6-4-5-7-9-14)13-15-10(2)11(19-13)12(16)17/h3-9H2,1-2H3,(H,16,17). The molecule has 1 aromatic rings. The number of aryl methyl sites for hydroxylation is 1. The summed E-state index contributed by atoms with van der Waals surface area (Å²) in [5.74, 6) is -0.887. The maximum absolute atomic E-state index is 11.2. The normalized spacial score (nSPS) is 19.1. The third-order valence-corrected chi connectivity index (χ3v) is 5.04. The molecule has 0 bridgehead atoms. The van der Waals surface area contributed by atoms with Crippen LogP contribution in [-0.2, 0) is 10.3 Å². The minimum absolute atomic E-state index is 0.346. The van der Waals surface area contributed by atoms with Crippen LogP contribution < -0.4 is 0 Å². The Morgan fingerprint density at radius 3 is 2.47 bits per heavy atom. The summed E-state index contributed by atoms with van der Waals surface area (Å²) in [6.07, 6.45) is 6.61. The van der Waals surface area contributed by atoms with Crippen molar-refractivity contribution in [3.8, 4) is 0 Å². The van der Waals surface area contributed by atoms with Gasteiger partial charge in [0.15, 0.2) is 0 Å². The van der Waals surface area contributed by atoms with Gasteiger partial charge in [0.05, 0.1) is 5.69 Å². The fourth-order valence-electron chi connectivity index (χ4n) is 2.79. The molecule has 106 valence electrons. The van der Waals surface area contributed by atoms with E-state index in [1.54, 1.807) is 6.92 Å². The molecule has 2 rings (SSSR count). The summed E-state index contributed by atoms with van der Waals surface area (Å²) in [5.41, 5.74) is 0.254. The predicted molar refractivity (Wildman–Crippen MR) is 74.8 cm³/mol. The molecule has 0 aromatic carbocycles. The van der Waals surface area contributed by atoms with Gasteiger partial charge in [-0.2, -0.15) is 0 Å². The van der Waals surface area contributed by atoms with E-state index in [1.165, 1.54) is 24.2 Å². The summed E-state index contributed by atoms with van der Waals surface area (Å²) in [5, 5.41) is 10.0. The van der Waals surface area contributed by atoms with Crippen LogP contribution in [0, 0.1) is 6.92 Å². The predicted octanol–water partition coefficient (Wildman–Crippen LogP) is 3.74. The molecule has 0 spiro atoms. The molecule has 0 aliphatic heterocycles. The molecule has 1 aliphatic carbocycles. The van der Waals surface area contributed by atoms with Gasteiger partial charge >= 0.3 is 5.97 Å². The quantitative estimate of drug-likeness (QED) is 0.855. The molecular formula is C14H21NO3S. The van der Waals surface area contributed by atoms with Crippen LogP contribution in [0.25, 0.3) is 0 Å². The van der Waals surface area contributed by atoms with Gasteiger partial charge in [-0.25, -0.2) is 9.78 Å². The average molecular weight is 283 g/mol. The topological polar surface area (TPSA) is 59.4 Å². The number of aromatic carboxylic acids is 1. The first kappa shape index (κ1) is 14.5. The van der Waals surface area contributed by atoms with E-state index in [2.05, 4.69) is 4.98 Å². The van der Waals surface area contributed by atoms with Crippen molar-refractivity contribution in [3.63, 3.8) is 0 Å². The minimum atomic E-state index is -0.887. The number of hydrogen-bond acceptors (Lipinski definition) is 4. The number of rotatable bonds is 4. The Kier molecular flexibility index (Phi) is 4.58. The zero-order valence-electron chi connectivity index (χ0n) is 11.6. The molecule has 1 aliphatic rings. The van der Waals surface area contributed by atoms with Gasteiger partial charge < -0.3 is 9.84 Å². The first-order valence-corrected chi connectivity index (χ1v) is 7.76. The molecule has 4 nitrogen and oxygen atoms in total. The largest absolute Gasteiger partial charge is 0.477 e. The van der Waals surface area contributed by atoms with E-state index in [9.17, 15) is 9.90 Å². The summed E-state index contributed by atoms with van der Waals surface area (Å²) in [6, 6.07) is 0. The van der Waals surface area contributed by atoms with E-state index in [0.717, 1.165) is 30.7 Å². The fraction of sp³-hybridized carbons (Fsp3) is 0.714. The highest BCUT2D eigenvalue weighted by atomic mass is 32.1. The monoisotopic (exact) mass is 283 g/mol. The molecule has 0 unspecified atom stereocenters. The number of carboxylic acid groups (broad SMARTS) is 1. The lowest BCUT2D eigenvalue weighted by Crippen LogP contribution is -2.29. The maximum Gasteiger partial charge on any atom is 0.347 e. The van der Waals surface area contributed by atoms with Crippen molar-refractivity contribution in [3.05, 3.63) is 15.6 Å². The fourth-order valence-corrected chi connectivity index (χ4v) is 3.89. The Labute approximate surface area is 117 Å². The van der Waals surface area contributed by atoms with Gasteiger partial charge in [-0.1, -0.05) is 25.7 Å². The third-order valence-electron chi connectivity index (χ3n) is 3.71. The third kappa shape index (κ3) is 2.98. The van der Waals surface area contributed by atoms with E-state index >= 15 is 0 Å². The second kappa shape index (κ2) is 6.01. The van der Waals surface area contributed by atoms with Gasteiger partial charge in [0, 0.05) is 6.61 Å². The summed E-state index contributed by atoms with van der Waals surface area (Å²) in [7, 11) is 0. The number of ether oxygens (including phenoxy) is 1. The zero-order chi connectivity index (χ0) is 13.9. The number of aromatic nitrogens is 1. The molecule has 5 heteroatoms. The highest BCUT2D eigenvalue weighted by Gasteiger charge is 2.37. The number of carboxylic acids is 1. The molecule has 0 saturated heterocycles. The smallest absolute Gasteiger partial charge is 0.347 e. The highest BCUT2D eigenvalue weighted by Crippen LogP contribution is 2.41. The van der Waals surface area contributed by atoms with Crippen LogP contribution in [0.5, 0.6) is 0 Å². The van der Waals surface area contributed by atoms with Gasteiger partial charge in [0.2, 0.25) is 0 Å². The Bertz CT molecular complexity index is 448. The second-order valence-electron chi connectivity index (χ2n) is 5.08. The van der Waals surface area contributed by atoms with Crippen molar-refractivity contribution >= 4 is 17.3 Å². The van der Waals surface area contributed by atoms with Gasteiger partial charge in [-0.3, -0.25) is 0 Å². The molecule has 0 amide bonds. The molecule has 1 N–H and O–H groups in total. The van der Waals surface area contributed by atoms with E-state index in [4.69, 9.17) is 4.74 Å². The van der Waals surface area contributed by atoms with E-state index in [0.29, 0.717) is 17.2 Å². The first-order chi connectivity index (χ1) is 9.09. The van der Waals surface area contributed by atoms with Crippen molar-refractivity contribution in [2.75, 3.05) is 6.61 Å². The van der Waals surface area contributed by atoms with Gasteiger partial charge in [0.25, 0.3) is 0 Å². The summed E-state index contributed by atoms with van der Waals surface area (Å²) < 4.78 is 6.04. The lowest BCUT2D eigenvalue weighted by atomic mass is 9.95. The van der Waals surface area contributed by atoms with E-state index in [1.807, 2.05) is 6.92 Å². The molecule has 1 aromatic heterocycles. The first-order valence-electron chi connectivity index (χ1n) is 6.94. The van der Waals surface area contributed by atoms with Crippen molar-refractivity contribution < 1.29 is 14.6 Å². The Morgan fingerprint density at radius 1 is 1.37 bits per heavy atom. The Morgan fingerprint density at radius 2 is 2.00 bits per heavy atom. The average Bonchev–Trinajstić information content (AvgIpc) is 2.61. The minimum Gasteiger partial charge on any atom is -0.477 e. The zero-order valence-corrected chi connectivity index (χ0v) is 12.4. The summed E-state index contributed by atoms with van der Waals surface area (Å²) >= 11 is 1.29. The molecule has 1 heterocycles. The number of carbonyl (C=O) groups is 1. The van der Waals surface area contributed by atoms with Crippen molar-refractivity contribution in [2.24, 2.45) is 0 Å². The van der Waals surface area contributed by atoms with Gasteiger partial charge in [-0.05, 0) is 26.7 Å². The van der Waals surface area contributed by atoms with Crippen LogP contribution in [0.15, 0.2) is 0 Å². The van der Waals surface area contributed by atoms with Crippen molar-refractivity contribution in [2.45, 2.75) is 58.0 Å². The molecule has 0 radical (unpaired) electrons. The molecule has 19 heavy (non-hydrogen) atoms. The Balaban J connectivity index is 2.37. The number of hydrogen-bond donors (Lipinski definition) is 1. The Hall–Kier alpha value is -0.940. The summed E-state index contributed by atoms with van der Waals surface area (Å²) in [6.45, 7) is 4.39. The lowest BCUT2D eigenvalue weighted by Gasteiger charge is -2.30. The van der Waals surface area contributed by atoms with Crippen LogP contribution in [-0.4, -0.2) is 22.7 Å². The van der Waals surface area contributed by atoms with E-state index < -0.39 is 5.97 Å². The molecular weight excluding hydrogens is 262 g/mol. The van der Waals surface area contributed by atoms with Gasteiger partial charge in [0.1, 0.15) is 15.5 Å². The van der Waals surface area contributed by atoms with Crippen LogP contribution in [0.2, 0.25) is 0 Å². The van der Waals surface area contributed by atoms with Crippen LogP contribution in [0.4, 0.5) is 0 Å². The maximum atomic E-state index is 11.2. The number of thiazole rings is 1. The number of nitrogens with zero attached hydrogens (tertiary/aromatic N) is 1. The summed E-state index contributed by atoms with van der Waals surface area (Å²) in [4.78, 5) is 16.0. The van der Waals surface area contributed by atoms with Crippen LogP contribution in [0.1, 0.15) is 65.8 Å². The van der Waals surface area contributed by atoms with Crippen molar-refractivity contribution in [1.29, 1.82) is 0 Å².